The van der Waals surface area contributed by atoms with Crippen LogP contribution in [0.25, 0.3) is 0 Å². The Hall–Kier alpha value is -3.55. The zero-order valence-corrected chi connectivity index (χ0v) is 17.3. The molecular weight excluding hydrogens is 388 g/mol. The van der Waals surface area contributed by atoms with Gasteiger partial charge in [0.2, 0.25) is 5.91 Å². The zero-order valence-electron chi connectivity index (χ0n) is 17.3. The molecule has 0 saturated carbocycles. The fraction of sp³-hybridized carbons (Fsp3) is 0.318. The van der Waals surface area contributed by atoms with E-state index >= 15 is 0 Å². The van der Waals surface area contributed by atoms with Crippen molar-refractivity contribution in [3.8, 4) is 17.2 Å². The van der Waals surface area contributed by atoms with Crippen LogP contribution < -0.4 is 19.6 Å². The van der Waals surface area contributed by atoms with E-state index in [9.17, 15) is 9.59 Å². The van der Waals surface area contributed by atoms with E-state index in [0.717, 1.165) is 11.3 Å². The van der Waals surface area contributed by atoms with Crippen molar-refractivity contribution in [2.45, 2.75) is 20.3 Å². The minimum absolute atomic E-state index is 0.203. The molecule has 0 heterocycles. The smallest absolute Gasteiger partial charge is 0.343 e. The summed E-state index contributed by atoms with van der Waals surface area (Å²) in [5.74, 6) is 0.922. The zero-order chi connectivity index (χ0) is 21.8. The van der Waals surface area contributed by atoms with Crippen molar-refractivity contribution in [2.24, 2.45) is 5.10 Å². The van der Waals surface area contributed by atoms with Gasteiger partial charge in [-0.05, 0) is 55.3 Å². The molecule has 0 aromatic heterocycles. The highest BCUT2D eigenvalue weighted by Crippen LogP contribution is 2.28. The fourth-order valence-corrected chi connectivity index (χ4v) is 2.46. The van der Waals surface area contributed by atoms with E-state index in [-0.39, 0.29) is 18.9 Å². The summed E-state index contributed by atoms with van der Waals surface area (Å²) in [6.45, 7) is 4.56. The number of hydrazone groups is 1. The van der Waals surface area contributed by atoms with Crippen molar-refractivity contribution in [1.82, 2.24) is 5.43 Å². The topological polar surface area (TPSA) is 95.5 Å². The van der Waals surface area contributed by atoms with Crippen LogP contribution >= 0.6 is 0 Å². The average Bonchev–Trinajstić information content (AvgIpc) is 2.74. The van der Waals surface area contributed by atoms with Crippen LogP contribution in [0.1, 0.15) is 25.0 Å². The Morgan fingerprint density at radius 2 is 1.70 bits per heavy atom. The second kappa shape index (κ2) is 12.1. The summed E-state index contributed by atoms with van der Waals surface area (Å²) in [6.07, 6.45) is 1.71. The molecule has 0 aliphatic rings. The van der Waals surface area contributed by atoms with Gasteiger partial charge in [0.1, 0.15) is 5.75 Å². The SMILES string of the molecule is CCOc1ccc(CC(=O)N/N=C\c2ccc(OCC(=O)OC)c(OCC)c2)cc1. The molecule has 1 amide bonds. The fourth-order valence-electron chi connectivity index (χ4n) is 2.46. The van der Waals surface area contributed by atoms with Crippen LogP contribution in [0.3, 0.4) is 0 Å². The largest absolute Gasteiger partial charge is 0.494 e. The van der Waals surface area contributed by atoms with E-state index in [2.05, 4.69) is 15.3 Å². The third-order valence-electron chi connectivity index (χ3n) is 3.84. The number of carbonyl (C=O) groups excluding carboxylic acids is 2. The van der Waals surface area contributed by atoms with E-state index in [1.807, 2.05) is 38.1 Å². The van der Waals surface area contributed by atoms with Crippen LogP contribution in [-0.4, -0.2) is 45.0 Å². The molecule has 2 aromatic rings. The number of esters is 1. The van der Waals surface area contributed by atoms with Gasteiger partial charge >= 0.3 is 5.97 Å². The minimum Gasteiger partial charge on any atom is -0.494 e. The van der Waals surface area contributed by atoms with Crippen LogP contribution in [0.4, 0.5) is 0 Å². The van der Waals surface area contributed by atoms with E-state index in [0.29, 0.717) is 30.3 Å². The number of nitrogens with zero attached hydrogens (tertiary/aromatic N) is 1. The Bertz CT molecular complexity index is 864. The lowest BCUT2D eigenvalue weighted by Gasteiger charge is -2.11. The van der Waals surface area contributed by atoms with Gasteiger partial charge in [-0.2, -0.15) is 5.10 Å². The average molecular weight is 414 g/mol. The van der Waals surface area contributed by atoms with E-state index < -0.39 is 5.97 Å². The van der Waals surface area contributed by atoms with Gasteiger partial charge in [0.05, 0.1) is 33.0 Å². The molecule has 8 heteroatoms. The number of rotatable bonds is 11. The Morgan fingerprint density at radius 3 is 2.37 bits per heavy atom. The minimum atomic E-state index is -0.488. The van der Waals surface area contributed by atoms with Crippen LogP contribution in [-0.2, 0) is 20.7 Å². The molecule has 160 valence electrons. The molecule has 0 spiro atoms. The standard InChI is InChI=1S/C22H26N2O6/c1-4-28-18-9-6-16(7-10-18)13-21(25)24-23-14-17-8-11-19(20(12-17)29-5-2)30-15-22(26)27-3/h6-12,14H,4-5,13,15H2,1-3H3,(H,24,25)/b23-14-. The lowest BCUT2D eigenvalue weighted by Crippen LogP contribution is -2.19. The van der Waals surface area contributed by atoms with E-state index in [4.69, 9.17) is 14.2 Å². The molecule has 0 bridgehead atoms. The van der Waals surface area contributed by atoms with Crippen molar-refractivity contribution in [3.63, 3.8) is 0 Å². The number of nitrogens with one attached hydrogen (secondary N) is 1. The maximum atomic E-state index is 12.1. The summed E-state index contributed by atoms with van der Waals surface area (Å²) in [5, 5.41) is 3.98. The molecule has 30 heavy (non-hydrogen) atoms. The van der Waals surface area contributed by atoms with Crippen molar-refractivity contribution in [3.05, 3.63) is 53.6 Å². The molecule has 2 rings (SSSR count). The van der Waals surface area contributed by atoms with Gasteiger partial charge in [-0.15, -0.1) is 0 Å². The maximum Gasteiger partial charge on any atom is 0.343 e. The summed E-state index contributed by atoms with van der Waals surface area (Å²) >= 11 is 0. The predicted molar refractivity (Wildman–Crippen MR) is 112 cm³/mol. The van der Waals surface area contributed by atoms with Gasteiger partial charge in [0.25, 0.3) is 0 Å². The first-order valence-corrected chi connectivity index (χ1v) is 9.55. The Kier molecular flexibility index (Phi) is 9.18. The number of ether oxygens (including phenoxy) is 4. The molecule has 0 aliphatic heterocycles. The first kappa shape index (κ1) is 22.7. The van der Waals surface area contributed by atoms with Crippen LogP contribution in [0.15, 0.2) is 47.6 Å². The molecule has 0 aliphatic carbocycles. The van der Waals surface area contributed by atoms with Crippen molar-refractivity contribution >= 4 is 18.1 Å². The van der Waals surface area contributed by atoms with Crippen LogP contribution in [0.5, 0.6) is 17.2 Å². The third-order valence-corrected chi connectivity index (χ3v) is 3.84. The molecule has 0 radical (unpaired) electrons. The molecule has 1 N–H and O–H groups in total. The summed E-state index contributed by atoms with van der Waals surface area (Å²) in [6, 6.07) is 12.4. The number of benzene rings is 2. The molecular formula is C22H26N2O6. The third kappa shape index (κ3) is 7.46. The van der Waals surface area contributed by atoms with Crippen LogP contribution in [0, 0.1) is 0 Å². The molecule has 0 atom stereocenters. The van der Waals surface area contributed by atoms with Crippen LogP contribution in [0.2, 0.25) is 0 Å². The summed E-state index contributed by atoms with van der Waals surface area (Å²) in [5.41, 5.74) is 4.06. The highest BCUT2D eigenvalue weighted by atomic mass is 16.6. The summed E-state index contributed by atoms with van der Waals surface area (Å²) in [7, 11) is 1.29. The number of hydrogen-bond acceptors (Lipinski definition) is 7. The number of hydrogen-bond donors (Lipinski definition) is 1. The number of amides is 1. The number of carbonyl (C=O) groups is 2. The van der Waals surface area contributed by atoms with E-state index in [1.54, 1.807) is 18.2 Å². The first-order valence-electron chi connectivity index (χ1n) is 9.55. The second-order valence-electron chi connectivity index (χ2n) is 6.05. The second-order valence-corrected chi connectivity index (χ2v) is 6.05. The Morgan fingerprint density at radius 1 is 0.967 bits per heavy atom. The lowest BCUT2D eigenvalue weighted by molar-refractivity contribution is -0.142. The maximum absolute atomic E-state index is 12.1. The predicted octanol–water partition coefficient (Wildman–Crippen LogP) is 2.73. The van der Waals surface area contributed by atoms with Gasteiger partial charge in [0.15, 0.2) is 18.1 Å². The highest BCUT2D eigenvalue weighted by molar-refractivity contribution is 5.84. The molecule has 0 unspecified atom stereocenters. The van der Waals surface area contributed by atoms with Crippen molar-refractivity contribution < 1.29 is 28.5 Å². The van der Waals surface area contributed by atoms with Crippen molar-refractivity contribution in [2.75, 3.05) is 26.9 Å². The van der Waals surface area contributed by atoms with E-state index in [1.165, 1.54) is 13.3 Å². The van der Waals surface area contributed by atoms with Gasteiger partial charge in [-0.1, -0.05) is 12.1 Å². The normalized spacial score (nSPS) is 10.5. The summed E-state index contributed by atoms with van der Waals surface area (Å²) < 4.78 is 20.9. The quantitative estimate of drug-likeness (QED) is 0.345. The van der Waals surface area contributed by atoms with Gasteiger partial charge in [-0.3, -0.25) is 4.79 Å². The van der Waals surface area contributed by atoms with Gasteiger partial charge < -0.3 is 18.9 Å². The Balaban J connectivity index is 1.93. The Labute approximate surface area is 175 Å². The van der Waals surface area contributed by atoms with Gasteiger partial charge in [-0.25, -0.2) is 10.2 Å². The molecule has 0 saturated heterocycles. The van der Waals surface area contributed by atoms with Gasteiger partial charge in [0, 0.05) is 0 Å². The molecule has 0 fully saturated rings. The monoisotopic (exact) mass is 414 g/mol. The van der Waals surface area contributed by atoms with Crippen molar-refractivity contribution in [1.29, 1.82) is 0 Å². The molecule has 2 aromatic carbocycles. The first-order chi connectivity index (χ1) is 14.5. The highest BCUT2D eigenvalue weighted by Gasteiger charge is 2.09. The summed E-state index contributed by atoms with van der Waals surface area (Å²) in [4.78, 5) is 23.3. The number of methoxy groups -OCH3 is 1. The lowest BCUT2D eigenvalue weighted by atomic mass is 10.1. The molecule has 8 nitrogen and oxygen atoms in total.